The average Bonchev–Trinajstić information content (AvgIpc) is 2.48. The molecule has 0 radical (unpaired) electrons. The number of benzene rings is 1. The molecule has 2 aromatic rings. The van der Waals surface area contributed by atoms with E-state index in [9.17, 15) is 9.50 Å². The van der Waals surface area contributed by atoms with Crippen LogP contribution in [0.2, 0.25) is 0 Å². The number of rotatable bonds is 7. The third-order valence-electron chi connectivity index (χ3n) is 2.69. The van der Waals surface area contributed by atoms with Gasteiger partial charge in [-0.15, -0.1) is 0 Å². The van der Waals surface area contributed by atoms with Crippen molar-refractivity contribution in [2.75, 3.05) is 13.2 Å². The summed E-state index contributed by atoms with van der Waals surface area (Å²) in [7, 11) is 0. The summed E-state index contributed by atoms with van der Waals surface area (Å²) in [4.78, 5) is 4.01. The number of hydrogen-bond acceptors (Lipinski definition) is 4. The first-order valence-electron chi connectivity index (χ1n) is 6.40. The zero-order valence-corrected chi connectivity index (χ0v) is 11.0. The molecule has 1 aromatic carbocycles. The molecule has 0 unspecified atom stereocenters. The summed E-state index contributed by atoms with van der Waals surface area (Å²) in [5, 5.41) is 12.9. The Hall–Kier alpha value is -1.98. The molecule has 0 saturated heterocycles. The van der Waals surface area contributed by atoms with Gasteiger partial charge in [0, 0.05) is 25.5 Å². The maximum absolute atomic E-state index is 12.7. The molecule has 0 aliphatic carbocycles. The van der Waals surface area contributed by atoms with Gasteiger partial charge in [0.15, 0.2) is 0 Å². The Morgan fingerprint density at radius 2 is 2.05 bits per heavy atom. The van der Waals surface area contributed by atoms with Gasteiger partial charge in [0.05, 0.1) is 0 Å². The fourth-order valence-corrected chi connectivity index (χ4v) is 1.67. The van der Waals surface area contributed by atoms with E-state index < -0.39 is 6.10 Å². The van der Waals surface area contributed by atoms with Crippen molar-refractivity contribution in [3.63, 3.8) is 0 Å². The average molecular weight is 276 g/mol. The van der Waals surface area contributed by atoms with Gasteiger partial charge in [-0.25, -0.2) is 4.39 Å². The minimum Gasteiger partial charge on any atom is -0.491 e. The molecule has 2 rings (SSSR count). The molecule has 0 saturated carbocycles. The van der Waals surface area contributed by atoms with Crippen LogP contribution < -0.4 is 10.1 Å². The maximum atomic E-state index is 12.7. The second kappa shape index (κ2) is 7.57. The van der Waals surface area contributed by atoms with E-state index in [2.05, 4.69) is 10.3 Å². The van der Waals surface area contributed by atoms with E-state index in [0.29, 0.717) is 18.8 Å². The predicted molar refractivity (Wildman–Crippen MR) is 73.8 cm³/mol. The van der Waals surface area contributed by atoms with Gasteiger partial charge in [0.2, 0.25) is 0 Å². The van der Waals surface area contributed by atoms with Crippen LogP contribution in [-0.4, -0.2) is 29.3 Å². The summed E-state index contributed by atoms with van der Waals surface area (Å²) in [6.07, 6.45) is 2.86. The summed E-state index contributed by atoms with van der Waals surface area (Å²) < 4.78 is 18.0. The van der Waals surface area contributed by atoms with Gasteiger partial charge >= 0.3 is 0 Å². The number of halogens is 1. The van der Waals surface area contributed by atoms with Crippen LogP contribution in [0.5, 0.6) is 5.75 Å². The van der Waals surface area contributed by atoms with Crippen LogP contribution in [0.1, 0.15) is 5.56 Å². The van der Waals surface area contributed by atoms with Gasteiger partial charge in [-0.3, -0.25) is 4.98 Å². The van der Waals surface area contributed by atoms with Crippen molar-refractivity contribution in [1.29, 1.82) is 0 Å². The monoisotopic (exact) mass is 276 g/mol. The SMILES string of the molecule is O[C@H](CNCc1cccnc1)COc1ccc(F)cc1. The van der Waals surface area contributed by atoms with Crippen molar-refractivity contribution in [1.82, 2.24) is 10.3 Å². The Labute approximate surface area is 117 Å². The van der Waals surface area contributed by atoms with Crippen molar-refractivity contribution in [3.05, 3.63) is 60.2 Å². The summed E-state index contributed by atoms with van der Waals surface area (Å²) in [5.41, 5.74) is 1.05. The van der Waals surface area contributed by atoms with Crippen LogP contribution in [0.15, 0.2) is 48.8 Å². The molecule has 0 aliphatic heterocycles. The van der Waals surface area contributed by atoms with Crippen LogP contribution >= 0.6 is 0 Å². The molecule has 2 N–H and O–H groups in total. The zero-order chi connectivity index (χ0) is 14.2. The van der Waals surface area contributed by atoms with E-state index in [1.807, 2.05) is 12.1 Å². The first kappa shape index (κ1) is 14.4. The van der Waals surface area contributed by atoms with E-state index in [-0.39, 0.29) is 12.4 Å². The minimum absolute atomic E-state index is 0.158. The molecule has 1 heterocycles. The van der Waals surface area contributed by atoms with Crippen molar-refractivity contribution >= 4 is 0 Å². The lowest BCUT2D eigenvalue weighted by atomic mass is 10.3. The van der Waals surface area contributed by atoms with Crippen LogP contribution in [0.3, 0.4) is 0 Å². The van der Waals surface area contributed by atoms with Gasteiger partial charge < -0.3 is 15.2 Å². The Morgan fingerprint density at radius 3 is 2.75 bits per heavy atom. The molecular weight excluding hydrogens is 259 g/mol. The molecule has 1 aromatic heterocycles. The lowest BCUT2D eigenvalue weighted by molar-refractivity contribution is 0.106. The van der Waals surface area contributed by atoms with E-state index >= 15 is 0 Å². The number of nitrogens with one attached hydrogen (secondary N) is 1. The van der Waals surface area contributed by atoms with Gasteiger partial charge in [-0.1, -0.05) is 6.07 Å². The summed E-state index contributed by atoms with van der Waals surface area (Å²) in [5.74, 6) is 0.230. The number of aliphatic hydroxyl groups excluding tert-OH is 1. The number of aromatic nitrogens is 1. The van der Waals surface area contributed by atoms with Gasteiger partial charge in [0.1, 0.15) is 24.3 Å². The molecular formula is C15H17FN2O2. The number of pyridine rings is 1. The van der Waals surface area contributed by atoms with E-state index in [1.54, 1.807) is 12.4 Å². The van der Waals surface area contributed by atoms with Crippen molar-refractivity contribution in [2.24, 2.45) is 0 Å². The highest BCUT2D eigenvalue weighted by Gasteiger charge is 2.05. The summed E-state index contributed by atoms with van der Waals surface area (Å²) >= 11 is 0. The highest BCUT2D eigenvalue weighted by molar-refractivity contribution is 5.22. The molecule has 0 spiro atoms. The van der Waals surface area contributed by atoms with Gasteiger partial charge in [-0.2, -0.15) is 0 Å². The molecule has 1 atom stereocenters. The zero-order valence-electron chi connectivity index (χ0n) is 11.0. The molecule has 4 nitrogen and oxygen atoms in total. The first-order valence-corrected chi connectivity index (χ1v) is 6.40. The first-order chi connectivity index (χ1) is 9.74. The standard InChI is InChI=1S/C15H17FN2O2/c16-13-3-5-15(6-4-13)20-11-14(19)10-18-9-12-2-1-7-17-8-12/h1-8,14,18-19H,9-11H2/t14-/m1/s1. The summed E-state index contributed by atoms with van der Waals surface area (Å²) in [6, 6.07) is 9.54. The second-order valence-corrected chi connectivity index (χ2v) is 4.41. The topological polar surface area (TPSA) is 54.4 Å². The smallest absolute Gasteiger partial charge is 0.123 e. The normalized spacial score (nSPS) is 12.1. The Morgan fingerprint density at radius 1 is 1.25 bits per heavy atom. The second-order valence-electron chi connectivity index (χ2n) is 4.41. The minimum atomic E-state index is -0.628. The fraction of sp³-hybridized carbons (Fsp3) is 0.267. The van der Waals surface area contributed by atoms with Crippen molar-refractivity contribution in [3.8, 4) is 5.75 Å². The number of ether oxygens (including phenoxy) is 1. The lowest BCUT2D eigenvalue weighted by Crippen LogP contribution is -2.31. The van der Waals surface area contributed by atoms with Crippen LogP contribution in [0.4, 0.5) is 4.39 Å². The molecule has 5 heteroatoms. The number of hydrogen-bond donors (Lipinski definition) is 2. The van der Waals surface area contributed by atoms with Crippen LogP contribution in [0, 0.1) is 5.82 Å². The highest BCUT2D eigenvalue weighted by Crippen LogP contribution is 2.11. The molecule has 106 valence electrons. The molecule has 0 amide bonds. The molecule has 0 bridgehead atoms. The van der Waals surface area contributed by atoms with E-state index in [0.717, 1.165) is 5.56 Å². The quantitative estimate of drug-likeness (QED) is 0.809. The van der Waals surface area contributed by atoms with Crippen molar-refractivity contribution < 1.29 is 14.2 Å². The lowest BCUT2D eigenvalue weighted by Gasteiger charge is -2.13. The van der Waals surface area contributed by atoms with Crippen molar-refractivity contribution in [2.45, 2.75) is 12.6 Å². The maximum Gasteiger partial charge on any atom is 0.123 e. The highest BCUT2D eigenvalue weighted by atomic mass is 19.1. The van der Waals surface area contributed by atoms with Gasteiger partial charge in [0.25, 0.3) is 0 Å². The van der Waals surface area contributed by atoms with E-state index in [1.165, 1.54) is 24.3 Å². The van der Waals surface area contributed by atoms with E-state index in [4.69, 9.17) is 4.74 Å². The number of nitrogens with zero attached hydrogens (tertiary/aromatic N) is 1. The molecule has 0 fully saturated rings. The molecule has 20 heavy (non-hydrogen) atoms. The summed E-state index contributed by atoms with van der Waals surface area (Å²) in [6.45, 7) is 1.21. The Balaban J connectivity index is 1.65. The van der Waals surface area contributed by atoms with Crippen LogP contribution in [0.25, 0.3) is 0 Å². The Kier molecular flexibility index (Phi) is 5.46. The van der Waals surface area contributed by atoms with Gasteiger partial charge in [-0.05, 0) is 35.9 Å². The number of aliphatic hydroxyl groups is 1. The van der Waals surface area contributed by atoms with Crippen LogP contribution in [-0.2, 0) is 6.54 Å². The predicted octanol–water partition coefficient (Wildman–Crippen LogP) is 1.75. The third-order valence-corrected chi connectivity index (χ3v) is 2.69. The third kappa shape index (κ3) is 4.95. The largest absolute Gasteiger partial charge is 0.491 e. The Bertz CT molecular complexity index is 505. The molecule has 0 aliphatic rings. The fourth-order valence-electron chi connectivity index (χ4n) is 1.67.